The van der Waals surface area contributed by atoms with E-state index in [0.717, 1.165) is 22.5 Å². The average Bonchev–Trinajstić information content (AvgIpc) is 2.80. The van der Waals surface area contributed by atoms with Gasteiger partial charge in [-0.25, -0.2) is 4.98 Å². The van der Waals surface area contributed by atoms with Gasteiger partial charge in [0.05, 0.1) is 15.2 Å². The number of hydrogen-bond donors (Lipinski definition) is 1. The molecule has 1 aromatic heterocycles. The predicted molar refractivity (Wildman–Crippen MR) is 76.8 cm³/mol. The number of benzene rings is 2. The van der Waals surface area contributed by atoms with Crippen molar-refractivity contribution in [2.75, 3.05) is 0 Å². The highest BCUT2D eigenvalue weighted by atomic mass is 32.1. The molecule has 0 radical (unpaired) electrons. The minimum absolute atomic E-state index is 0.585. The van der Waals surface area contributed by atoms with Crippen LogP contribution in [0.5, 0.6) is 0 Å². The third kappa shape index (κ3) is 2.28. The molecule has 0 amide bonds. The zero-order valence-corrected chi connectivity index (χ0v) is 10.8. The summed E-state index contributed by atoms with van der Waals surface area (Å²) < 4.78 is 1.23. The van der Waals surface area contributed by atoms with Crippen LogP contribution in [0.15, 0.2) is 48.5 Å². The van der Waals surface area contributed by atoms with Crippen LogP contribution in [0.1, 0.15) is 16.1 Å². The van der Waals surface area contributed by atoms with Gasteiger partial charge in [0.2, 0.25) is 0 Å². The number of nitrogens with zero attached hydrogens (tertiary/aromatic N) is 1. The molecule has 0 unspecified atom stereocenters. The molecule has 0 spiro atoms. The fourth-order valence-corrected chi connectivity index (χ4v) is 3.06. The van der Waals surface area contributed by atoms with Gasteiger partial charge in [0.25, 0.3) is 0 Å². The molecule has 0 aliphatic rings. The number of rotatable bonds is 3. The number of thiazole rings is 1. The molecule has 2 aromatic carbocycles. The standard InChI is InChI=1S/C15H14N2S/c16-10-12-6-7-13-14(8-12)18-15(17-13)9-11-4-2-1-3-5-11/h1-8H,9-10,16H2. The van der Waals surface area contributed by atoms with E-state index in [0.29, 0.717) is 6.54 Å². The smallest absolute Gasteiger partial charge is 0.0982 e. The second kappa shape index (κ2) is 4.88. The normalized spacial score (nSPS) is 10.9. The van der Waals surface area contributed by atoms with E-state index < -0.39 is 0 Å². The second-order valence-corrected chi connectivity index (χ2v) is 5.39. The van der Waals surface area contributed by atoms with E-state index in [-0.39, 0.29) is 0 Å². The summed E-state index contributed by atoms with van der Waals surface area (Å²) >= 11 is 1.75. The molecule has 0 fully saturated rings. The number of fused-ring (bicyclic) bond motifs is 1. The first kappa shape index (κ1) is 11.4. The molecule has 0 atom stereocenters. The molecule has 90 valence electrons. The summed E-state index contributed by atoms with van der Waals surface area (Å²) in [4.78, 5) is 4.66. The van der Waals surface area contributed by atoms with Crippen molar-refractivity contribution in [3.8, 4) is 0 Å². The Bertz CT molecular complexity index is 659. The number of hydrogen-bond acceptors (Lipinski definition) is 3. The van der Waals surface area contributed by atoms with E-state index in [2.05, 4.69) is 41.4 Å². The minimum Gasteiger partial charge on any atom is -0.326 e. The number of nitrogens with two attached hydrogens (primary N) is 1. The quantitative estimate of drug-likeness (QED) is 0.778. The summed E-state index contributed by atoms with van der Waals surface area (Å²) in [5.41, 5.74) is 9.19. The maximum atomic E-state index is 5.66. The van der Waals surface area contributed by atoms with Gasteiger partial charge >= 0.3 is 0 Å². The Balaban J connectivity index is 1.94. The molecule has 2 nitrogen and oxygen atoms in total. The average molecular weight is 254 g/mol. The van der Waals surface area contributed by atoms with Crippen molar-refractivity contribution in [2.24, 2.45) is 5.73 Å². The fraction of sp³-hybridized carbons (Fsp3) is 0.133. The van der Waals surface area contributed by atoms with Gasteiger partial charge in [0.15, 0.2) is 0 Å². The molecule has 3 rings (SSSR count). The van der Waals surface area contributed by atoms with Crippen molar-refractivity contribution in [2.45, 2.75) is 13.0 Å². The fourth-order valence-electron chi connectivity index (χ4n) is 1.99. The summed E-state index contributed by atoms with van der Waals surface area (Å²) in [6.45, 7) is 0.585. The Morgan fingerprint density at radius 1 is 1.00 bits per heavy atom. The SMILES string of the molecule is NCc1ccc2nc(Cc3ccccc3)sc2c1. The molecule has 3 aromatic rings. The van der Waals surface area contributed by atoms with E-state index in [1.54, 1.807) is 11.3 Å². The van der Waals surface area contributed by atoms with E-state index in [9.17, 15) is 0 Å². The van der Waals surface area contributed by atoms with Crippen LogP contribution in [0, 0.1) is 0 Å². The molecule has 0 aliphatic carbocycles. The summed E-state index contributed by atoms with van der Waals surface area (Å²) in [6.07, 6.45) is 0.901. The lowest BCUT2D eigenvalue weighted by Crippen LogP contribution is -1.94. The largest absolute Gasteiger partial charge is 0.326 e. The van der Waals surface area contributed by atoms with Gasteiger partial charge in [0, 0.05) is 13.0 Å². The summed E-state index contributed by atoms with van der Waals surface area (Å²) in [5.74, 6) is 0. The van der Waals surface area contributed by atoms with E-state index >= 15 is 0 Å². The molecular formula is C15H14N2S. The Morgan fingerprint density at radius 3 is 2.61 bits per heavy atom. The molecule has 18 heavy (non-hydrogen) atoms. The van der Waals surface area contributed by atoms with Gasteiger partial charge in [-0.2, -0.15) is 0 Å². The summed E-state index contributed by atoms with van der Waals surface area (Å²) in [7, 11) is 0. The third-order valence-corrected chi connectivity index (χ3v) is 3.95. The van der Waals surface area contributed by atoms with Gasteiger partial charge in [-0.1, -0.05) is 36.4 Å². The highest BCUT2D eigenvalue weighted by molar-refractivity contribution is 7.18. The van der Waals surface area contributed by atoms with Gasteiger partial charge < -0.3 is 5.73 Å². The molecule has 1 heterocycles. The summed E-state index contributed by atoms with van der Waals surface area (Å²) in [5, 5.41) is 1.16. The molecule has 2 N–H and O–H groups in total. The van der Waals surface area contributed by atoms with Crippen LogP contribution in [0.4, 0.5) is 0 Å². The van der Waals surface area contributed by atoms with Crippen molar-refractivity contribution in [3.63, 3.8) is 0 Å². The number of aromatic nitrogens is 1. The topological polar surface area (TPSA) is 38.9 Å². The Labute approximate surface area is 110 Å². The van der Waals surface area contributed by atoms with Crippen molar-refractivity contribution < 1.29 is 0 Å². The van der Waals surface area contributed by atoms with Crippen LogP contribution in [-0.2, 0) is 13.0 Å². The van der Waals surface area contributed by atoms with E-state index in [1.165, 1.54) is 10.3 Å². The van der Waals surface area contributed by atoms with Crippen LogP contribution in [0.2, 0.25) is 0 Å². The highest BCUT2D eigenvalue weighted by Crippen LogP contribution is 2.24. The van der Waals surface area contributed by atoms with Gasteiger partial charge in [-0.3, -0.25) is 0 Å². The summed E-state index contributed by atoms with van der Waals surface area (Å²) in [6, 6.07) is 16.7. The maximum absolute atomic E-state index is 5.66. The Morgan fingerprint density at radius 2 is 1.83 bits per heavy atom. The van der Waals surface area contributed by atoms with Gasteiger partial charge in [-0.15, -0.1) is 11.3 Å². The van der Waals surface area contributed by atoms with Crippen LogP contribution < -0.4 is 5.73 Å². The first-order valence-corrected chi connectivity index (χ1v) is 6.79. The molecule has 0 aliphatic heterocycles. The van der Waals surface area contributed by atoms with E-state index in [1.807, 2.05) is 12.1 Å². The van der Waals surface area contributed by atoms with E-state index in [4.69, 9.17) is 5.73 Å². The molecule has 3 heteroatoms. The first-order chi connectivity index (χ1) is 8.85. The van der Waals surface area contributed by atoms with Crippen molar-refractivity contribution in [3.05, 3.63) is 64.7 Å². The highest BCUT2D eigenvalue weighted by Gasteiger charge is 2.05. The lowest BCUT2D eigenvalue weighted by atomic mass is 10.2. The first-order valence-electron chi connectivity index (χ1n) is 5.97. The third-order valence-electron chi connectivity index (χ3n) is 2.93. The lowest BCUT2D eigenvalue weighted by Gasteiger charge is -1.95. The van der Waals surface area contributed by atoms with Crippen molar-refractivity contribution in [1.82, 2.24) is 4.98 Å². The Hall–Kier alpha value is -1.71. The van der Waals surface area contributed by atoms with Crippen molar-refractivity contribution >= 4 is 21.6 Å². The predicted octanol–water partition coefficient (Wildman–Crippen LogP) is 3.35. The minimum atomic E-state index is 0.585. The second-order valence-electron chi connectivity index (χ2n) is 4.28. The molecular weight excluding hydrogens is 240 g/mol. The zero-order chi connectivity index (χ0) is 12.4. The Kier molecular flexibility index (Phi) is 3.09. The monoisotopic (exact) mass is 254 g/mol. The van der Waals surface area contributed by atoms with Crippen LogP contribution in [0.3, 0.4) is 0 Å². The lowest BCUT2D eigenvalue weighted by molar-refractivity contribution is 1.08. The molecule has 0 bridgehead atoms. The molecule has 0 saturated carbocycles. The van der Waals surface area contributed by atoms with Gasteiger partial charge in [0.1, 0.15) is 0 Å². The zero-order valence-electron chi connectivity index (χ0n) is 9.97. The van der Waals surface area contributed by atoms with Crippen LogP contribution in [0.25, 0.3) is 10.2 Å². The van der Waals surface area contributed by atoms with Crippen molar-refractivity contribution in [1.29, 1.82) is 0 Å². The molecule has 0 saturated heterocycles. The van der Waals surface area contributed by atoms with Gasteiger partial charge in [-0.05, 0) is 23.3 Å². The van der Waals surface area contributed by atoms with Crippen LogP contribution >= 0.6 is 11.3 Å². The van der Waals surface area contributed by atoms with Crippen LogP contribution in [-0.4, -0.2) is 4.98 Å². The maximum Gasteiger partial charge on any atom is 0.0982 e.